The normalized spacial score (nSPS) is 11.0. The van der Waals surface area contributed by atoms with Crippen LogP contribution in [-0.2, 0) is 6.42 Å². The molecule has 0 fully saturated rings. The predicted octanol–water partition coefficient (Wildman–Crippen LogP) is 4.96. The van der Waals surface area contributed by atoms with Crippen molar-refractivity contribution < 1.29 is 9.63 Å². The van der Waals surface area contributed by atoms with Crippen LogP contribution in [0.1, 0.15) is 62.6 Å². The number of aromatic nitrogens is 3. The number of pyridine rings is 1. The molecule has 4 rings (SSSR count). The van der Waals surface area contributed by atoms with E-state index in [9.17, 15) is 4.79 Å². The third-order valence-electron chi connectivity index (χ3n) is 5.93. The van der Waals surface area contributed by atoms with Gasteiger partial charge >= 0.3 is 0 Å². The zero-order valence-electron chi connectivity index (χ0n) is 21.8. The largest absolute Gasteiger partial charge is 0.412 e. The fourth-order valence-electron chi connectivity index (χ4n) is 4.01. The van der Waals surface area contributed by atoms with Gasteiger partial charge in [-0.25, -0.2) is 9.97 Å². The Labute approximate surface area is 217 Å². The Morgan fingerprint density at radius 2 is 1.84 bits per heavy atom. The van der Waals surface area contributed by atoms with Gasteiger partial charge in [-0.1, -0.05) is 31.5 Å². The molecule has 9 heteroatoms. The van der Waals surface area contributed by atoms with Crippen molar-refractivity contribution >= 4 is 45.1 Å². The number of hydrogen-bond donors (Lipinski definition) is 3. The lowest BCUT2D eigenvalue weighted by molar-refractivity contribution is 0.0943. The van der Waals surface area contributed by atoms with Crippen LogP contribution in [0, 0.1) is 0 Å². The molecule has 1 amide bonds. The smallest absolute Gasteiger partial charge is 0.251 e. The summed E-state index contributed by atoms with van der Waals surface area (Å²) in [6, 6.07) is 15.1. The van der Waals surface area contributed by atoms with E-state index >= 15 is 0 Å². The van der Waals surface area contributed by atoms with Gasteiger partial charge in [0.05, 0.1) is 11.2 Å². The Morgan fingerprint density at radius 3 is 2.59 bits per heavy atom. The van der Waals surface area contributed by atoms with Gasteiger partial charge in [-0.2, -0.15) is 9.83 Å². The highest BCUT2D eigenvalue weighted by Gasteiger charge is 2.18. The van der Waals surface area contributed by atoms with E-state index in [1.165, 1.54) is 0 Å². The Hall–Kier alpha value is -4.14. The molecule has 2 aromatic heterocycles. The number of amides is 1. The van der Waals surface area contributed by atoms with Crippen LogP contribution in [0.3, 0.4) is 0 Å². The number of carbonyl (C=O) groups excluding carboxylic acids is 1. The summed E-state index contributed by atoms with van der Waals surface area (Å²) in [6.45, 7) is 7.04. The number of nitrogens with one attached hydrogen (secondary N) is 2. The first kappa shape index (κ1) is 25.9. The van der Waals surface area contributed by atoms with E-state index in [0.717, 1.165) is 65.7 Å². The quantitative estimate of drug-likeness (QED) is 0.143. The highest BCUT2D eigenvalue weighted by Crippen LogP contribution is 2.28. The average Bonchev–Trinajstić information content (AvgIpc) is 3.27. The zero-order chi connectivity index (χ0) is 26.2. The Balaban J connectivity index is 1.34. The third kappa shape index (κ3) is 6.35. The fraction of sp³-hybridized carbons (Fsp3) is 0.357. The van der Waals surface area contributed by atoms with Gasteiger partial charge in [0, 0.05) is 29.6 Å². The Morgan fingerprint density at radius 1 is 1.05 bits per heavy atom. The number of aryl methyl sites for hydroxylation is 1. The van der Waals surface area contributed by atoms with Gasteiger partial charge in [0.15, 0.2) is 5.82 Å². The minimum Gasteiger partial charge on any atom is -0.412 e. The molecule has 0 aliphatic heterocycles. The number of nitrogens with two attached hydrogens (primary N) is 1. The molecule has 0 saturated carbocycles. The van der Waals surface area contributed by atoms with Crippen LogP contribution >= 0.6 is 0 Å². The number of para-hydroxylation sites is 1. The third-order valence-corrected chi connectivity index (χ3v) is 5.93. The van der Waals surface area contributed by atoms with Crippen molar-refractivity contribution in [2.75, 3.05) is 24.3 Å². The number of nitrogens with zero attached hydrogens (tertiary/aromatic N) is 4. The summed E-state index contributed by atoms with van der Waals surface area (Å²) >= 11 is 0. The number of hydrazone groups is 1. The number of anilines is 2. The molecular formula is C28H35N7O2. The second kappa shape index (κ2) is 12.2. The number of benzene rings is 2. The summed E-state index contributed by atoms with van der Waals surface area (Å²) in [5.74, 6) is 1.17. The monoisotopic (exact) mass is 501 g/mol. The molecule has 0 radical (unpaired) electrons. The maximum atomic E-state index is 12.5. The van der Waals surface area contributed by atoms with Crippen molar-refractivity contribution in [2.24, 2.45) is 5.10 Å². The number of nitrogen functional groups attached to an aromatic ring is 1. The molecule has 0 aliphatic rings. The number of hydrogen-bond acceptors (Lipinski definition) is 7. The molecule has 4 aromatic rings. The molecular weight excluding hydrogens is 466 g/mol. The zero-order valence-corrected chi connectivity index (χ0v) is 21.8. The second-order valence-electron chi connectivity index (χ2n) is 9.18. The first-order valence-corrected chi connectivity index (χ1v) is 12.8. The van der Waals surface area contributed by atoms with E-state index in [1.807, 2.05) is 55.0 Å². The van der Waals surface area contributed by atoms with Gasteiger partial charge in [0.25, 0.3) is 5.91 Å². The van der Waals surface area contributed by atoms with Gasteiger partial charge in [0.1, 0.15) is 23.5 Å². The lowest BCUT2D eigenvalue weighted by Gasteiger charge is -2.12. The first-order chi connectivity index (χ1) is 18.0. The van der Waals surface area contributed by atoms with E-state index in [-0.39, 0.29) is 5.91 Å². The lowest BCUT2D eigenvalue weighted by Crippen LogP contribution is -2.25. The Bertz CT molecular complexity index is 1390. The number of rotatable bonds is 12. The topological polar surface area (TPSA) is 119 Å². The van der Waals surface area contributed by atoms with Gasteiger partial charge < -0.3 is 15.9 Å². The van der Waals surface area contributed by atoms with Gasteiger partial charge in [-0.15, -0.1) is 0 Å². The van der Waals surface area contributed by atoms with Crippen molar-refractivity contribution in [1.82, 2.24) is 20.0 Å². The number of unbranched alkanes of at least 4 members (excludes halogenated alkanes) is 2. The standard InChI is InChI=1S/C28H35N7O2/c1-4-5-12-24-32-25-26(22-10-6-7-11-23(22)31-27(25)29)35(24)37-18-9-8-17-30-28(36)20-13-15-21(16-14-20)34-33-19(2)3/h6-7,10-11,13-16,34H,4-5,8-9,12,17-18H2,1-3H3,(H2,29,31)(H,30,36). The maximum Gasteiger partial charge on any atom is 0.251 e. The molecule has 0 unspecified atom stereocenters. The second-order valence-corrected chi connectivity index (χ2v) is 9.18. The van der Waals surface area contributed by atoms with Crippen LogP contribution in [0.2, 0.25) is 0 Å². The first-order valence-electron chi connectivity index (χ1n) is 12.8. The molecule has 0 aliphatic carbocycles. The van der Waals surface area contributed by atoms with Crippen molar-refractivity contribution in [2.45, 2.75) is 52.9 Å². The van der Waals surface area contributed by atoms with Crippen LogP contribution in [0.25, 0.3) is 21.9 Å². The summed E-state index contributed by atoms with van der Waals surface area (Å²) in [7, 11) is 0. The molecule has 0 bridgehead atoms. The number of imidazole rings is 1. The van der Waals surface area contributed by atoms with Gasteiger partial charge in [0.2, 0.25) is 0 Å². The molecule has 0 saturated heterocycles. The van der Waals surface area contributed by atoms with E-state index < -0.39 is 0 Å². The van der Waals surface area contributed by atoms with E-state index in [0.29, 0.717) is 30.0 Å². The van der Waals surface area contributed by atoms with Crippen LogP contribution in [-0.4, -0.2) is 39.5 Å². The van der Waals surface area contributed by atoms with E-state index in [1.54, 1.807) is 12.1 Å². The minimum absolute atomic E-state index is 0.0976. The van der Waals surface area contributed by atoms with E-state index in [4.69, 9.17) is 15.6 Å². The van der Waals surface area contributed by atoms with Crippen LogP contribution in [0.5, 0.6) is 0 Å². The molecule has 37 heavy (non-hydrogen) atoms. The molecule has 0 atom stereocenters. The van der Waals surface area contributed by atoms with Crippen molar-refractivity contribution in [3.05, 3.63) is 59.9 Å². The number of fused-ring (bicyclic) bond motifs is 3. The molecule has 194 valence electrons. The molecule has 9 nitrogen and oxygen atoms in total. The average molecular weight is 502 g/mol. The molecule has 0 spiro atoms. The summed E-state index contributed by atoms with van der Waals surface area (Å²) in [6.07, 6.45) is 4.43. The maximum absolute atomic E-state index is 12.5. The Kier molecular flexibility index (Phi) is 8.56. The number of carbonyl (C=O) groups is 1. The predicted molar refractivity (Wildman–Crippen MR) is 150 cm³/mol. The molecule has 2 heterocycles. The summed E-state index contributed by atoms with van der Waals surface area (Å²) < 4.78 is 1.84. The minimum atomic E-state index is -0.0976. The lowest BCUT2D eigenvalue weighted by atomic mass is 10.2. The SMILES string of the molecule is CCCCc1nc2c(N)nc3ccccc3c2n1OCCCCNC(=O)c1ccc(NN=C(C)C)cc1. The van der Waals surface area contributed by atoms with Crippen LogP contribution in [0.15, 0.2) is 53.6 Å². The van der Waals surface area contributed by atoms with Gasteiger partial charge in [-0.3, -0.25) is 10.2 Å². The van der Waals surface area contributed by atoms with Gasteiger partial charge in [-0.05, 0) is 63.4 Å². The van der Waals surface area contributed by atoms with Crippen LogP contribution < -0.4 is 21.3 Å². The summed E-state index contributed by atoms with van der Waals surface area (Å²) in [4.78, 5) is 28.0. The summed E-state index contributed by atoms with van der Waals surface area (Å²) in [5, 5.41) is 8.10. The van der Waals surface area contributed by atoms with Crippen molar-refractivity contribution in [3.8, 4) is 0 Å². The van der Waals surface area contributed by atoms with E-state index in [2.05, 4.69) is 27.8 Å². The van der Waals surface area contributed by atoms with Crippen molar-refractivity contribution in [3.63, 3.8) is 0 Å². The highest BCUT2D eigenvalue weighted by atomic mass is 16.7. The summed E-state index contributed by atoms with van der Waals surface area (Å²) in [5.41, 5.74) is 13.9. The van der Waals surface area contributed by atoms with Crippen molar-refractivity contribution in [1.29, 1.82) is 0 Å². The highest BCUT2D eigenvalue weighted by molar-refractivity contribution is 6.06. The van der Waals surface area contributed by atoms with Crippen LogP contribution in [0.4, 0.5) is 11.5 Å². The molecule has 4 N–H and O–H groups in total. The molecule has 2 aromatic carbocycles. The fourth-order valence-corrected chi connectivity index (χ4v) is 4.01.